The highest BCUT2D eigenvalue weighted by Crippen LogP contribution is 2.31. The molecule has 0 aliphatic carbocycles. The van der Waals surface area contributed by atoms with Crippen LogP contribution in [0.15, 0.2) is 71.2 Å². The Kier molecular flexibility index (Phi) is 16.6. The van der Waals surface area contributed by atoms with Gasteiger partial charge in [0.2, 0.25) is 0 Å². The smallest absolute Gasteiger partial charge is 0.171 e. The molecule has 1 aromatic heterocycles. The largest absolute Gasteiger partial charge is 1.00 e. The first-order valence-electron chi connectivity index (χ1n) is 15.0. The van der Waals surface area contributed by atoms with Gasteiger partial charge in [-0.05, 0) is 18.6 Å². The van der Waals surface area contributed by atoms with Crippen LogP contribution < -0.4 is 27.3 Å². The SMILES string of the molecule is CCCCCCCCCCCCCCCCCC[n+]1ccc(N=Nc2ccc(N)c3ccccc23)cc1.[Br-]. The number of anilines is 1. The average molecular weight is 582 g/mol. The molecule has 0 fully saturated rings. The van der Waals surface area contributed by atoms with Crippen LogP contribution >= 0.6 is 0 Å². The van der Waals surface area contributed by atoms with Crippen molar-refractivity contribution in [2.24, 2.45) is 10.2 Å². The van der Waals surface area contributed by atoms with Gasteiger partial charge in [0, 0.05) is 35.0 Å². The molecule has 1 heterocycles. The van der Waals surface area contributed by atoms with Crippen molar-refractivity contribution in [2.45, 2.75) is 116 Å². The van der Waals surface area contributed by atoms with Crippen molar-refractivity contribution in [1.29, 1.82) is 0 Å². The zero-order valence-corrected chi connectivity index (χ0v) is 25.2. The first-order valence-corrected chi connectivity index (χ1v) is 15.0. The highest BCUT2D eigenvalue weighted by molar-refractivity contribution is 5.99. The van der Waals surface area contributed by atoms with Crippen LogP contribution in [0.4, 0.5) is 17.1 Å². The number of pyridine rings is 1. The van der Waals surface area contributed by atoms with Crippen LogP contribution in [0.25, 0.3) is 10.8 Å². The molecule has 2 aromatic carbocycles. The van der Waals surface area contributed by atoms with Crippen LogP contribution in [-0.4, -0.2) is 0 Å². The minimum absolute atomic E-state index is 0. The molecule has 0 amide bonds. The maximum absolute atomic E-state index is 6.09. The Balaban J connectivity index is 0.00000507. The standard InChI is InChI=1S/C33H48N4.BrH/c1-2-3-4-5-6-7-8-9-10-11-12-13-14-15-16-19-26-37-27-24-29(25-28-37)35-36-33-23-22-32(34)30-20-17-18-21-31(30)33;/h17-18,20-25,27-28,34H,2-16,19,26H2,1H3;1H. The van der Waals surface area contributed by atoms with Gasteiger partial charge in [0.15, 0.2) is 12.4 Å². The highest BCUT2D eigenvalue weighted by Gasteiger charge is 2.04. The second kappa shape index (κ2) is 19.7. The first kappa shape index (κ1) is 31.9. The molecule has 0 saturated carbocycles. The number of nitrogens with two attached hydrogens (primary N) is 1. The lowest BCUT2D eigenvalue weighted by Crippen LogP contribution is -3.00. The third-order valence-electron chi connectivity index (χ3n) is 7.35. The summed E-state index contributed by atoms with van der Waals surface area (Å²) in [5.41, 5.74) is 8.57. The van der Waals surface area contributed by atoms with Gasteiger partial charge >= 0.3 is 0 Å². The number of nitrogen functional groups attached to an aromatic ring is 1. The monoisotopic (exact) mass is 580 g/mol. The summed E-state index contributed by atoms with van der Waals surface area (Å²) in [6, 6.07) is 16.0. The number of hydrogen-bond acceptors (Lipinski definition) is 3. The van der Waals surface area contributed by atoms with Crippen LogP contribution in [0.5, 0.6) is 0 Å². The zero-order valence-electron chi connectivity index (χ0n) is 23.6. The summed E-state index contributed by atoms with van der Waals surface area (Å²) in [4.78, 5) is 0. The van der Waals surface area contributed by atoms with Crippen molar-refractivity contribution in [3.63, 3.8) is 0 Å². The molecule has 0 aliphatic rings. The quantitative estimate of drug-likeness (QED) is 0.0683. The number of nitrogens with zero attached hydrogens (tertiary/aromatic N) is 3. The summed E-state index contributed by atoms with van der Waals surface area (Å²) in [6.07, 6.45) is 26.7. The fraction of sp³-hybridized carbons (Fsp3) is 0.545. The summed E-state index contributed by atoms with van der Waals surface area (Å²) >= 11 is 0. The van der Waals surface area contributed by atoms with E-state index >= 15 is 0 Å². The molecule has 38 heavy (non-hydrogen) atoms. The molecule has 0 bridgehead atoms. The minimum atomic E-state index is 0. The number of aromatic nitrogens is 1. The van der Waals surface area contributed by atoms with Crippen LogP contribution in [0.1, 0.15) is 110 Å². The third kappa shape index (κ3) is 12.1. The van der Waals surface area contributed by atoms with Crippen molar-refractivity contribution < 1.29 is 21.5 Å². The third-order valence-corrected chi connectivity index (χ3v) is 7.35. The van der Waals surface area contributed by atoms with E-state index in [1.54, 1.807) is 0 Å². The van der Waals surface area contributed by atoms with Gasteiger partial charge in [0.05, 0.1) is 11.4 Å². The van der Waals surface area contributed by atoms with E-state index in [-0.39, 0.29) is 17.0 Å². The second-order valence-corrected chi connectivity index (χ2v) is 10.5. The lowest BCUT2D eigenvalue weighted by molar-refractivity contribution is -0.697. The summed E-state index contributed by atoms with van der Waals surface area (Å²) < 4.78 is 2.25. The normalized spacial score (nSPS) is 11.3. The van der Waals surface area contributed by atoms with E-state index < -0.39 is 0 Å². The molecule has 208 valence electrons. The molecule has 0 radical (unpaired) electrons. The van der Waals surface area contributed by atoms with Gasteiger partial charge < -0.3 is 22.7 Å². The molecule has 0 aliphatic heterocycles. The van der Waals surface area contributed by atoms with Crippen LogP contribution in [-0.2, 0) is 6.54 Å². The molecule has 0 atom stereocenters. The number of aryl methyl sites for hydroxylation is 1. The van der Waals surface area contributed by atoms with Gasteiger partial charge in [-0.15, -0.1) is 5.11 Å². The van der Waals surface area contributed by atoms with Crippen LogP contribution in [0, 0.1) is 0 Å². The van der Waals surface area contributed by atoms with Gasteiger partial charge in [-0.1, -0.05) is 121 Å². The minimum Gasteiger partial charge on any atom is -1.00 e. The fourth-order valence-corrected chi connectivity index (χ4v) is 5.01. The Bertz CT molecular complexity index is 1050. The molecule has 4 nitrogen and oxygen atoms in total. The number of unbranched alkanes of at least 4 members (excludes halogenated alkanes) is 15. The molecular formula is C33H49BrN4. The van der Waals surface area contributed by atoms with Crippen molar-refractivity contribution in [3.05, 3.63) is 60.9 Å². The van der Waals surface area contributed by atoms with Crippen LogP contribution in [0.2, 0.25) is 0 Å². The molecule has 2 N–H and O–H groups in total. The number of benzene rings is 2. The predicted molar refractivity (Wildman–Crippen MR) is 159 cm³/mol. The predicted octanol–water partition coefficient (Wildman–Crippen LogP) is 7.39. The van der Waals surface area contributed by atoms with E-state index in [9.17, 15) is 0 Å². The van der Waals surface area contributed by atoms with Gasteiger partial charge in [0.1, 0.15) is 6.54 Å². The van der Waals surface area contributed by atoms with Crippen molar-refractivity contribution >= 4 is 27.8 Å². The maximum atomic E-state index is 6.09. The summed E-state index contributed by atoms with van der Waals surface area (Å²) in [7, 11) is 0. The van der Waals surface area contributed by atoms with Gasteiger partial charge in [0.25, 0.3) is 0 Å². The lowest BCUT2D eigenvalue weighted by Gasteiger charge is -2.04. The first-order chi connectivity index (χ1) is 18.3. The molecule has 0 saturated heterocycles. The molecular weight excluding hydrogens is 532 g/mol. The van der Waals surface area contributed by atoms with E-state index in [0.29, 0.717) is 0 Å². The van der Waals surface area contributed by atoms with E-state index in [1.165, 1.54) is 103 Å². The number of azo groups is 1. The lowest BCUT2D eigenvalue weighted by atomic mass is 10.0. The maximum Gasteiger partial charge on any atom is 0.171 e. The van der Waals surface area contributed by atoms with Crippen molar-refractivity contribution in [1.82, 2.24) is 0 Å². The Hall–Kier alpha value is -2.27. The second-order valence-electron chi connectivity index (χ2n) is 10.5. The Morgan fingerprint density at radius 1 is 0.579 bits per heavy atom. The molecule has 5 heteroatoms. The van der Waals surface area contributed by atoms with Gasteiger partial charge in [-0.3, -0.25) is 0 Å². The number of fused-ring (bicyclic) bond motifs is 1. The van der Waals surface area contributed by atoms with E-state index in [0.717, 1.165) is 34.4 Å². The summed E-state index contributed by atoms with van der Waals surface area (Å²) in [5, 5.41) is 11.0. The number of rotatable bonds is 19. The molecule has 0 unspecified atom stereocenters. The van der Waals surface area contributed by atoms with Gasteiger partial charge in [-0.25, -0.2) is 4.57 Å². The Labute approximate surface area is 241 Å². The number of halogens is 1. The average Bonchev–Trinajstić information content (AvgIpc) is 2.93. The highest BCUT2D eigenvalue weighted by atomic mass is 79.9. The summed E-state index contributed by atoms with van der Waals surface area (Å²) in [6.45, 7) is 3.36. The van der Waals surface area contributed by atoms with E-state index in [1.807, 2.05) is 48.5 Å². The summed E-state index contributed by atoms with van der Waals surface area (Å²) in [5.74, 6) is 0. The van der Waals surface area contributed by atoms with Crippen LogP contribution in [0.3, 0.4) is 0 Å². The molecule has 3 rings (SSSR count). The zero-order chi connectivity index (χ0) is 26.0. The Morgan fingerprint density at radius 2 is 1.08 bits per heavy atom. The van der Waals surface area contributed by atoms with E-state index in [2.05, 4.69) is 34.1 Å². The van der Waals surface area contributed by atoms with Crippen molar-refractivity contribution in [2.75, 3.05) is 5.73 Å². The number of hydrogen-bond donors (Lipinski definition) is 1. The van der Waals surface area contributed by atoms with E-state index in [4.69, 9.17) is 5.73 Å². The Morgan fingerprint density at radius 3 is 1.63 bits per heavy atom. The topological polar surface area (TPSA) is 54.6 Å². The fourth-order valence-electron chi connectivity index (χ4n) is 5.01. The van der Waals surface area contributed by atoms with Crippen molar-refractivity contribution in [3.8, 4) is 0 Å². The molecule has 0 spiro atoms. The van der Waals surface area contributed by atoms with Gasteiger partial charge in [-0.2, -0.15) is 5.11 Å². The molecule has 3 aromatic rings.